The fraction of sp³-hybridized carbons (Fsp3) is 0.833. The number of rotatable bonds is 10. The Morgan fingerprint density at radius 2 is 1.59 bits per heavy atom. The van der Waals surface area contributed by atoms with Gasteiger partial charge in [0.1, 0.15) is 18.8 Å². The zero-order valence-electron chi connectivity index (χ0n) is 10.9. The van der Waals surface area contributed by atoms with Crippen molar-refractivity contribution < 1.29 is 23.8 Å². The number of esters is 1. The summed E-state index contributed by atoms with van der Waals surface area (Å²) in [6, 6.07) is 0. The van der Waals surface area contributed by atoms with Gasteiger partial charge in [-0.3, -0.25) is 9.59 Å². The van der Waals surface area contributed by atoms with E-state index in [1.807, 2.05) is 6.92 Å². The van der Waals surface area contributed by atoms with Gasteiger partial charge in [-0.2, -0.15) is 0 Å². The Morgan fingerprint density at radius 3 is 2.18 bits per heavy atom. The van der Waals surface area contributed by atoms with E-state index in [9.17, 15) is 9.59 Å². The third-order valence-corrected chi connectivity index (χ3v) is 2.03. The SMILES string of the molecule is CCOCCOCCOC(=O)CC(=O)C(C)C. The number of carbonyl (C=O) groups excluding carboxylic acids is 2. The quantitative estimate of drug-likeness (QED) is 0.329. The van der Waals surface area contributed by atoms with Crippen molar-refractivity contribution in [2.75, 3.05) is 33.0 Å². The Bertz CT molecular complexity index is 225. The van der Waals surface area contributed by atoms with Crippen molar-refractivity contribution in [3.63, 3.8) is 0 Å². The van der Waals surface area contributed by atoms with Gasteiger partial charge in [-0.15, -0.1) is 0 Å². The molecule has 0 unspecified atom stereocenters. The summed E-state index contributed by atoms with van der Waals surface area (Å²) in [6.45, 7) is 7.61. The van der Waals surface area contributed by atoms with E-state index in [1.165, 1.54) is 0 Å². The first-order valence-electron chi connectivity index (χ1n) is 5.91. The molecule has 0 aliphatic rings. The van der Waals surface area contributed by atoms with Crippen LogP contribution < -0.4 is 0 Å². The van der Waals surface area contributed by atoms with E-state index in [1.54, 1.807) is 13.8 Å². The van der Waals surface area contributed by atoms with Gasteiger partial charge in [0.2, 0.25) is 0 Å². The lowest BCUT2D eigenvalue weighted by atomic mass is 10.1. The van der Waals surface area contributed by atoms with Crippen LogP contribution in [0.2, 0.25) is 0 Å². The second kappa shape index (κ2) is 10.2. The molecule has 0 aromatic heterocycles. The Hall–Kier alpha value is -0.940. The summed E-state index contributed by atoms with van der Waals surface area (Å²) < 4.78 is 15.1. The first-order valence-corrected chi connectivity index (χ1v) is 5.91. The molecule has 0 aromatic carbocycles. The molecule has 0 fully saturated rings. The standard InChI is InChI=1S/C12H22O5/c1-4-15-5-6-16-7-8-17-12(14)9-11(13)10(2)3/h10H,4-9H2,1-3H3. The van der Waals surface area contributed by atoms with Crippen LogP contribution in [-0.4, -0.2) is 44.8 Å². The lowest BCUT2D eigenvalue weighted by Gasteiger charge is -2.07. The zero-order chi connectivity index (χ0) is 13.1. The van der Waals surface area contributed by atoms with E-state index < -0.39 is 5.97 Å². The summed E-state index contributed by atoms with van der Waals surface area (Å²) in [4.78, 5) is 22.4. The Morgan fingerprint density at radius 1 is 1.00 bits per heavy atom. The van der Waals surface area contributed by atoms with Gasteiger partial charge in [0.05, 0.1) is 19.8 Å². The maximum atomic E-state index is 11.2. The van der Waals surface area contributed by atoms with Gasteiger partial charge in [0, 0.05) is 12.5 Å². The summed E-state index contributed by atoms with van der Waals surface area (Å²) in [6.07, 6.45) is -0.156. The fourth-order valence-electron chi connectivity index (χ4n) is 0.976. The van der Waals surface area contributed by atoms with Crippen molar-refractivity contribution in [1.82, 2.24) is 0 Å². The number of Topliss-reactive ketones (excluding diaryl/α,β-unsaturated/α-hetero) is 1. The van der Waals surface area contributed by atoms with Crippen molar-refractivity contribution in [3.05, 3.63) is 0 Å². The van der Waals surface area contributed by atoms with Gasteiger partial charge in [-0.1, -0.05) is 13.8 Å². The molecule has 0 aromatic rings. The van der Waals surface area contributed by atoms with Crippen molar-refractivity contribution in [2.24, 2.45) is 5.92 Å². The number of ether oxygens (including phenoxy) is 3. The minimum absolute atomic E-state index is 0.104. The molecular weight excluding hydrogens is 224 g/mol. The molecule has 0 N–H and O–H groups in total. The second-order valence-corrected chi connectivity index (χ2v) is 3.83. The van der Waals surface area contributed by atoms with E-state index in [0.717, 1.165) is 0 Å². The van der Waals surface area contributed by atoms with Crippen LogP contribution in [0.15, 0.2) is 0 Å². The molecule has 0 aliphatic heterocycles. The van der Waals surface area contributed by atoms with Crippen LogP contribution >= 0.6 is 0 Å². The summed E-state index contributed by atoms with van der Waals surface area (Å²) in [5.74, 6) is -0.727. The average molecular weight is 246 g/mol. The van der Waals surface area contributed by atoms with E-state index in [0.29, 0.717) is 26.4 Å². The third-order valence-electron chi connectivity index (χ3n) is 2.03. The highest BCUT2D eigenvalue weighted by molar-refractivity contribution is 5.96. The van der Waals surface area contributed by atoms with Crippen LogP contribution in [0.25, 0.3) is 0 Å². The molecule has 5 heteroatoms. The molecule has 17 heavy (non-hydrogen) atoms. The largest absolute Gasteiger partial charge is 0.463 e. The topological polar surface area (TPSA) is 61.8 Å². The van der Waals surface area contributed by atoms with Crippen molar-refractivity contribution in [1.29, 1.82) is 0 Å². The van der Waals surface area contributed by atoms with Gasteiger partial charge >= 0.3 is 5.97 Å². The van der Waals surface area contributed by atoms with E-state index in [4.69, 9.17) is 14.2 Å². The van der Waals surface area contributed by atoms with Gasteiger partial charge in [0.25, 0.3) is 0 Å². The van der Waals surface area contributed by atoms with Gasteiger partial charge < -0.3 is 14.2 Å². The highest BCUT2D eigenvalue weighted by Gasteiger charge is 2.13. The molecule has 100 valence electrons. The molecule has 0 atom stereocenters. The van der Waals surface area contributed by atoms with Gasteiger partial charge in [-0.25, -0.2) is 0 Å². The maximum Gasteiger partial charge on any atom is 0.313 e. The van der Waals surface area contributed by atoms with Crippen LogP contribution in [0.3, 0.4) is 0 Å². The second-order valence-electron chi connectivity index (χ2n) is 3.83. The number of carbonyl (C=O) groups is 2. The Kier molecular flexibility index (Phi) is 9.66. The van der Waals surface area contributed by atoms with E-state index in [-0.39, 0.29) is 24.7 Å². The van der Waals surface area contributed by atoms with E-state index in [2.05, 4.69) is 0 Å². The highest BCUT2D eigenvalue weighted by atomic mass is 16.6. The smallest absolute Gasteiger partial charge is 0.313 e. The molecule has 0 bridgehead atoms. The lowest BCUT2D eigenvalue weighted by molar-refractivity contribution is -0.148. The lowest BCUT2D eigenvalue weighted by Crippen LogP contribution is -2.18. The normalized spacial score (nSPS) is 10.6. The van der Waals surface area contributed by atoms with Gasteiger partial charge in [-0.05, 0) is 6.92 Å². The third kappa shape index (κ3) is 9.96. The molecule has 5 nitrogen and oxygen atoms in total. The number of ketones is 1. The number of hydrogen-bond acceptors (Lipinski definition) is 5. The van der Waals surface area contributed by atoms with Crippen LogP contribution in [0.5, 0.6) is 0 Å². The first kappa shape index (κ1) is 16.1. The monoisotopic (exact) mass is 246 g/mol. The molecule has 0 saturated carbocycles. The van der Waals surface area contributed by atoms with E-state index >= 15 is 0 Å². The zero-order valence-corrected chi connectivity index (χ0v) is 10.9. The predicted octanol–water partition coefficient (Wildman–Crippen LogP) is 1.20. The molecule has 0 amide bonds. The number of hydrogen-bond donors (Lipinski definition) is 0. The molecular formula is C12H22O5. The van der Waals surface area contributed by atoms with Crippen molar-refractivity contribution in [2.45, 2.75) is 27.2 Å². The molecule has 0 rings (SSSR count). The van der Waals surface area contributed by atoms with Crippen LogP contribution in [0.4, 0.5) is 0 Å². The summed E-state index contributed by atoms with van der Waals surface area (Å²) in [5, 5.41) is 0. The van der Waals surface area contributed by atoms with Crippen LogP contribution in [-0.2, 0) is 23.8 Å². The summed E-state index contributed by atoms with van der Waals surface area (Å²) >= 11 is 0. The molecule has 0 aliphatic carbocycles. The maximum absolute atomic E-state index is 11.2. The predicted molar refractivity (Wildman–Crippen MR) is 62.7 cm³/mol. The minimum Gasteiger partial charge on any atom is -0.463 e. The Labute approximate surface area is 102 Å². The molecule has 0 spiro atoms. The minimum atomic E-state index is -0.489. The fourth-order valence-corrected chi connectivity index (χ4v) is 0.976. The van der Waals surface area contributed by atoms with Gasteiger partial charge in [0.15, 0.2) is 0 Å². The summed E-state index contributed by atoms with van der Waals surface area (Å²) in [7, 11) is 0. The molecule has 0 saturated heterocycles. The summed E-state index contributed by atoms with van der Waals surface area (Å²) in [5.41, 5.74) is 0. The molecule has 0 radical (unpaired) electrons. The highest BCUT2D eigenvalue weighted by Crippen LogP contribution is 1.99. The van der Waals surface area contributed by atoms with Crippen LogP contribution in [0.1, 0.15) is 27.2 Å². The first-order chi connectivity index (χ1) is 8.07. The van der Waals surface area contributed by atoms with Crippen molar-refractivity contribution >= 4 is 11.8 Å². The van der Waals surface area contributed by atoms with Crippen molar-refractivity contribution in [3.8, 4) is 0 Å². The Balaban J connectivity index is 3.36. The average Bonchev–Trinajstić information content (AvgIpc) is 2.27. The van der Waals surface area contributed by atoms with Crippen LogP contribution in [0, 0.1) is 5.92 Å². The molecule has 0 heterocycles.